The van der Waals surface area contributed by atoms with Crippen molar-refractivity contribution in [3.05, 3.63) is 29.8 Å². The van der Waals surface area contributed by atoms with Crippen LogP contribution in [0.25, 0.3) is 0 Å². The fourth-order valence-corrected chi connectivity index (χ4v) is 2.83. The highest BCUT2D eigenvalue weighted by molar-refractivity contribution is 5.84. The zero-order chi connectivity index (χ0) is 16.9. The van der Waals surface area contributed by atoms with Crippen LogP contribution in [0.15, 0.2) is 24.3 Å². The van der Waals surface area contributed by atoms with Gasteiger partial charge in [0.15, 0.2) is 0 Å². The minimum atomic E-state index is -0.916. The van der Waals surface area contributed by atoms with Gasteiger partial charge in [-0.25, -0.2) is 0 Å². The molecule has 6 heteroatoms. The van der Waals surface area contributed by atoms with Crippen LogP contribution in [0.2, 0.25) is 0 Å². The number of hydrogen-bond donors (Lipinski definition) is 2. The van der Waals surface area contributed by atoms with Crippen molar-refractivity contribution in [2.45, 2.75) is 37.6 Å². The standard InChI is InChI=1S/C17H23NO5/c1-12(13-4-3-5-14(10-13)22-2)16(21)18-17(11-15(19)20)6-8-23-9-7-17/h3-5,10,12H,6-9,11H2,1-2H3,(H,18,21)(H,19,20). The second-order valence-corrected chi connectivity index (χ2v) is 5.95. The molecular weight excluding hydrogens is 298 g/mol. The Morgan fingerprint density at radius 1 is 1.39 bits per heavy atom. The molecule has 0 bridgehead atoms. The fraction of sp³-hybridized carbons (Fsp3) is 0.529. The Hall–Kier alpha value is -2.08. The first kappa shape index (κ1) is 17.3. The number of benzene rings is 1. The normalized spacial score (nSPS) is 18.0. The van der Waals surface area contributed by atoms with Crippen molar-refractivity contribution in [3.8, 4) is 5.75 Å². The quantitative estimate of drug-likeness (QED) is 0.836. The highest BCUT2D eigenvalue weighted by Crippen LogP contribution is 2.27. The number of carboxylic acid groups (broad SMARTS) is 1. The van der Waals surface area contributed by atoms with Crippen molar-refractivity contribution < 1.29 is 24.2 Å². The van der Waals surface area contributed by atoms with Gasteiger partial charge in [-0.05, 0) is 37.5 Å². The molecule has 1 aliphatic heterocycles. The molecule has 2 rings (SSSR count). The van der Waals surface area contributed by atoms with E-state index in [1.807, 2.05) is 24.3 Å². The van der Waals surface area contributed by atoms with Crippen LogP contribution < -0.4 is 10.1 Å². The summed E-state index contributed by atoms with van der Waals surface area (Å²) in [6.07, 6.45) is 0.929. The number of carbonyl (C=O) groups excluding carboxylic acids is 1. The predicted molar refractivity (Wildman–Crippen MR) is 84.6 cm³/mol. The monoisotopic (exact) mass is 321 g/mol. The van der Waals surface area contributed by atoms with E-state index in [1.165, 1.54) is 0 Å². The third kappa shape index (κ3) is 4.45. The van der Waals surface area contributed by atoms with E-state index in [-0.39, 0.29) is 12.3 Å². The van der Waals surface area contributed by atoms with Gasteiger partial charge in [0.2, 0.25) is 5.91 Å². The van der Waals surface area contributed by atoms with Gasteiger partial charge in [0.1, 0.15) is 5.75 Å². The number of carbonyl (C=O) groups is 2. The minimum Gasteiger partial charge on any atom is -0.497 e. The van der Waals surface area contributed by atoms with E-state index in [1.54, 1.807) is 14.0 Å². The Morgan fingerprint density at radius 3 is 2.70 bits per heavy atom. The van der Waals surface area contributed by atoms with E-state index < -0.39 is 17.4 Å². The van der Waals surface area contributed by atoms with Crippen molar-refractivity contribution in [2.24, 2.45) is 0 Å². The van der Waals surface area contributed by atoms with Gasteiger partial charge in [-0.1, -0.05) is 12.1 Å². The molecule has 126 valence electrons. The maximum Gasteiger partial charge on any atom is 0.305 e. The van der Waals surface area contributed by atoms with E-state index in [9.17, 15) is 9.59 Å². The summed E-state index contributed by atoms with van der Waals surface area (Å²) < 4.78 is 10.5. The van der Waals surface area contributed by atoms with Gasteiger partial charge in [-0.15, -0.1) is 0 Å². The van der Waals surface area contributed by atoms with Gasteiger partial charge in [-0.2, -0.15) is 0 Å². The molecule has 23 heavy (non-hydrogen) atoms. The van der Waals surface area contributed by atoms with Crippen LogP contribution in [0.4, 0.5) is 0 Å². The molecule has 1 saturated heterocycles. The summed E-state index contributed by atoms with van der Waals surface area (Å²) in [5.74, 6) is -0.797. The summed E-state index contributed by atoms with van der Waals surface area (Å²) in [5, 5.41) is 12.1. The zero-order valence-corrected chi connectivity index (χ0v) is 13.5. The van der Waals surface area contributed by atoms with Crippen molar-refractivity contribution in [3.63, 3.8) is 0 Å². The van der Waals surface area contributed by atoms with Crippen LogP contribution in [0, 0.1) is 0 Å². The van der Waals surface area contributed by atoms with Crippen LogP contribution in [0.5, 0.6) is 5.75 Å². The third-order valence-corrected chi connectivity index (χ3v) is 4.31. The molecule has 1 fully saturated rings. The lowest BCUT2D eigenvalue weighted by atomic mass is 9.85. The molecule has 1 aromatic rings. The van der Waals surface area contributed by atoms with Crippen LogP contribution in [0.3, 0.4) is 0 Å². The lowest BCUT2D eigenvalue weighted by molar-refractivity contribution is -0.140. The third-order valence-electron chi connectivity index (χ3n) is 4.31. The highest BCUT2D eigenvalue weighted by atomic mass is 16.5. The summed E-state index contributed by atoms with van der Waals surface area (Å²) in [6.45, 7) is 2.72. The molecule has 1 unspecified atom stereocenters. The van der Waals surface area contributed by atoms with Crippen molar-refractivity contribution in [2.75, 3.05) is 20.3 Å². The van der Waals surface area contributed by atoms with E-state index in [0.29, 0.717) is 31.8 Å². The Bertz CT molecular complexity index is 566. The molecule has 1 heterocycles. The number of methoxy groups -OCH3 is 1. The maximum absolute atomic E-state index is 12.6. The maximum atomic E-state index is 12.6. The first-order valence-corrected chi connectivity index (χ1v) is 7.71. The number of aliphatic carboxylic acids is 1. The number of nitrogens with one attached hydrogen (secondary N) is 1. The van der Waals surface area contributed by atoms with E-state index in [4.69, 9.17) is 14.6 Å². The summed E-state index contributed by atoms with van der Waals surface area (Å²) >= 11 is 0. The summed E-state index contributed by atoms with van der Waals surface area (Å²) in [4.78, 5) is 23.8. The average molecular weight is 321 g/mol. The number of amides is 1. The molecule has 0 aromatic heterocycles. The fourth-order valence-electron chi connectivity index (χ4n) is 2.83. The number of ether oxygens (including phenoxy) is 2. The molecule has 0 saturated carbocycles. The number of carboxylic acids is 1. The predicted octanol–water partition coefficient (Wildman–Crippen LogP) is 1.94. The minimum absolute atomic E-state index is 0.0903. The SMILES string of the molecule is COc1cccc(C(C)C(=O)NC2(CC(=O)O)CCOCC2)c1. The molecule has 2 N–H and O–H groups in total. The molecule has 6 nitrogen and oxygen atoms in total. The van der Waals surface area contributed by atoms with Crippen LogP contribution in [-0.4, -0.2) is 42.8 Å². The number of rotatable bonds is 6. The molecule has 1 amide bonds. The lowest BCUT2D eigenvalue weighted by Crippen LogP contribution is -2.54. The van der Waals surface area contributed by atoms with Crippen LogP contribution in [-0.2, 0) is 14.3 Å². The average Bonchev–Trinajstić information content (AvgIpc) is 2.54. The van der Waals surface area contributed by atoms with Crippen molar-refractivity contribution >= 4 is 11.9 Å². The zero-order valence-electron chi connectivity index (χ0n) is 13.5. The molecule has 1 aromatic carbocycles. The largest absolute Gasteiger partial charge is 0.497 e. The van der Waals surface area contributed by atoms with Crippen LogP contribution >= 0.6 is 0 Å². The number of hydrogen-bond acceptors (Lipinski definition) is 4. The van der Waals surface area contributed by atoms with E-state index in [2.05, 4.69) is 5.32 Å². The molecular formula is C17H23NO5. The molecule has 1 atom stereocenters. The molecule has 0 radical (unpaired) electrons. The molecule has 0 spiro atoms. The van der Waals surface area contributed by atoms with E-state index >= 15 is 0 Å². The second kappa shape index (κ2) is 7.46. The highest BCUT2D eigenvalue weighted by Gasteiger charge is 2.37. The lowest BCUT2D eigenvalue weighted by Gasteiger charge is -2.37. The first-order chi connectivity index (χ1) is 11.0. The van der Waals surface area contributed by atoms with Gasteiger partial charge in [-0.3, -0.25) is 9.59 Å². The smallest absolute Gasteiger partial charge is 0.305 e. The first-order valence-electron chi connectivity index (χ1n) is 7.71. The van der Waals surface area contributed by atoms with Gasteiger partial charge in [0.25, 0.3) is 0 Å². The topological polar surface area (TPSA) is 84.9 Å². The molecule has 0 aliphatic carbocycles. The van der Waals surface area contributed by atoms with Gasteiger partial charge < -0.3 is 19.9 Å². The van der Waals surface area contributed by atoms with Gasteiger partial charge in [0, 0.05) is 13.2 Å². The Balaban J connectivity index is 2.12. The van der Waals surface area contributed by atoms with Gasteiger partial charge in [0.05, 0.1) is 25.0 Å². The van der Waals surface area contributed by atoms with Crippen molar-refractivity contribution in [1.82, 2.24) is 5.32 Å². The summed E-state index contributed by atoms with van der Waals surface area (Å²) in [7, 11) is 1.58. The summed E-state index contributed by atoms with van der Waals surface area (Å²) in [6, 6.07) is 7.33. The van der Waals surface area contributed by atoms with E-state index in [0.717, 1.165) is 5.56 Å². The Labute approximate surface area is 135 Å². The van der Waals surface area contributed by atoms with Crippen molar-refractivity contribution in [1.29, 1.82) is 0 Å². The van der Waals surface area contributed by atoms with Crippen LogP contribution in [0.1, 0.15) is 37.7 Å². The Morgan fingerprint density at radius 2 is 2.09 bits per heavy atom. The molecule has 1 aliphatic rings. The second-order valence-electron chi connectivity index (χ2n) is 5.95. The Kier molecular flexibility index (Phi) is 5.60. The summed E-state index contributed by atoms with van der Waals surface area (Å²) in [5.41, 5.74) is 0.105. The van der Waals surface area contributed by atoms with Gasteiger partial charge >= 0.3 is 5.97 Å².